The molecule has 0 aromatic carbocycles. The van der Waals surface area contributed by atoms with Crippen LogP contribution in [0.1, 0.15) is 38.3 Å². The molecule has 134 valence electrons. The Hall–Kier alpha value is -1.82. The molecule has 0 spiro atoms. The molecule has 1 N–H and O–H groups in total. The Balaban J connectivity index is 1.44. The normalized spacial score (nSPS) is 23.7. The van der Waals surface area contributed by atoms with E-state index in [0.717, 1.165) is 48.0 Å². The number of hydrogen-bond acceptors (Lipinski definition) is 4. The topological polar surface area (TPSA) is 53.7 Å². The molecule has 25 heavy (non-hydrogen) atoms. The summed E-state index contributed by atoms with van der Waals surface area (Å²) < 4.78 is 5.60. The van der Waals surface area contributed by atoms with Crippen LogP contribution in [0.2, 0.25) is 0 Å². The fraction of sp³-hybridized carbons (Fsp3) is 0.579. The molecule has 5 nitrogen and oxygen atoms in total. The van der Waals surface area contributed by atoms with E-state index in [2.05, 4.69) is 22.1 Å². The largest absolute Gasteiger partial charge is 0.443 e. The molecule has 0 radical (unpaired) electrons. The maximum Gasteiger partial charge on any atom is 0.236 e. The molecule has 2 aliphatic rings. The lowest BCUT2D eigenvalue weighted by atomic mass is 9.82. The molecule has 2 fully saturated rings. The minimum absolute atomic E-state index is 0.559. The van der Waals surface area contributed by atoms with Crippen LogP contribution in [0, 0.1) is 11.8 Å². The van der Waals surface area contributed by atoms with Crippen molar-refractivity contribution in [2.45, 2.75) is 39.2 Å². The zero-order valence-corrected chi connectivity index (χ0v) is 15.6. The monoisotopic (exact) mass is 358 g/mol. The number of likely N-dealkylation sites (tertiary alicyclic amines) is 1. The minimum atomic E-state index is 0.559. The van der Waals surface area contributed by atoms with E-state index in [1.807, 2.05) is 17.5 Å². The van der Waals surface area contributed by atoms with Crippen LogP contribution in [-0.2, 0) is 6.54 Å². The van der Waals surface area contributed by atoms with Crippen molar-refractivity contribution in [3.8, 4) is 10.8 Å². The number of thiophene rings is 1. The summed E-state index contributed by atoms with van der Waals surface area (Å²) in [5.41, 5.74) is 0.885. The van der Waals surface area contributed by atoms with Crippen molar-refractivity contribution in [1.29, 1.82) is 0 Å². The third-order valence-electron chi connectivity index (χ3n) is 5.29. The van der Waals surface area contributed by atoms with Gasteiger partial charge in [-0.3, -0.25) is 0 Å². The predicted molar refractivity (Wildman–Crippen MR) is 102 cm³/mol. The Morgan fingerprint density at radius 2 is 2.16 bits per heavy atom. The number of hydrogen-bond donors (Lipinski definition) is 1. The van der Waals surface area contributed by atoms with Gasteiger partial charge in [0.05, 0.1) is 11.4 Å². The second-order valence-corrected chi connectivity index (χ2v) is 7.95. The smallest absolute Gasteiger partial charge is 0.236 e. The summed E-state index contributed by atoms with van der Waals surface area (Å²) in [5, 5.41) is 5.49. The highest BCUT2D eigenvalue weighted by molar-refractivity contribution is 7.13. The molecule has 2 atom stereocenters. The van der Waals surface area contributed by atoms with Gasteiger partial charge in [-0.2, -0.15) is 0 Å². The number of nitrogens with one attached hydrogen (secondary N) is 1. The van der Waals surface area contributed by atoms with Crippen LogP contribution in [0.3, 0.4) is 0 Å². The number of aliphatic imine (C=N–C) groups is 1. The van der Waals surface area contributed by atoms with E-state index in [0.29, 0.717) is 12.4 Å². The Bertz CT molecular complexity index is 695. The molecule has 2 unspecified atom stereocenters. The lowest BCUT2D eigenvalue weighted by Gasteiger charge is -2.22. The van der Waals surface area contributed by atoms with Crippen molar-refractivity contribution in [3.05, 3.63) is 29.5 Å². The molecule has 0 amide bonds. The van der Waals surface area contributed by atoms with Crippen LogP contribution >= 0.6 is 11.3 Å². The first-order chi connectivity index (χ1) is 12.3. The number of nitrogens with zero attached hydrogens (tertiary/aromatic N) is 3. The molecule has 1 saturated carbocycles. The highest BCUT2D eigenvalue weighted by Gasteiger charge is 2.35. The van der Waals surface area contributed by atoms with Crippen LogP contribution in [0.5, 0.6) is 0 Å². The second kappa shape index (κ2) is 7.60. The third kappa shape index (κ3) is 3.73. The summed E-state index contributed by atoms with van der Waals surface area (Å²) in [6, 6.07) is 4.04. The average Bonchev–Trinajstić information content (AvgIpc) is 3.38. The van der Waals surface area contributed by atoms with Crippen molar-refractivity contribution in [2.24, 2.45) is 16.8 Å². The van der Waals surface area contributed by atoms with E-state index in [4.69, 9.17) is 9.41 Å². The summed E-state index contributed by atoms with van der Waals surface area (Å²) in [6.45, 7) is 5.88. The lowest BCUT2D eigenvalue weighted by molar-refractivity contribution is 0.299. The van der Waals surface area contributed by atoms with E-state index >= 15 is 0 Å². The lowest BCUT2D eigenvalue weighted by Crippen LogP contribution is -2.40. The molecule has 3 heterocycles. The molecule has 1 aliphatic carbocycles. The van der Waals surface area contributed by atoms with Crippen molar-refractivity contribution in [2.75, 3.05) is 19.6 Å². The first-order valence-corrected chi connectivity index (χ1v) is 10.2. The number of rotatable bonds is 4. The molecule has 2 aromatic heterocycles. The molecule has 6 heteroatoms. The van der Waals surface area contributed by atoms with Gasteiger partial charge in [0.15, 0.2) is 5.96 Å². The Kier molecular flexibility index (Phi) is 5.06. The molecule has 2 aromatic rings. The van der Waals surface area contributed by atoms with Crippen LogP contribution in [-0.4, -0.2) is 35.5 Å². The van der Waals surface area contributed by atoms with Gasteiger partial charge < -0.3 is 14.6 Å². The summed E-state index contributed by atoms with van der Waals surface area (Å²) in [5.74, 6) is 3.43. The van der Waals surface area contributed by atoms with Gasteiger partial charge in [0, 0.05) is 19.6 Å². The van der Waals surface area contributed by atoms with Gasteiger partial charge in [-0.05, 0) is 43.0 Å². The van der Waals surface area contributed by atoms with Gasteiger partial charge >= 0.3 is 0 Å². The van der Waals surface area contributed by atoms with E-state index < -0.39 is 0 Å². The molecule has 1 aliphatic heterocycles. The SMILES string of the molecule is CCNC(=NCc1coc(-c2cccs2)n1)N1CC2CCCCC2C1. The standard InChI is InChI=1S/C19H26N4OS/c1-2-20-19(23-11-14-6-3-4-7-15(14)12-23)21-10-16-13-24-18(22-16)17-8-5-9-25-17/h5,8-9,13-15H,2-4,6-7,10-12H2,1H3,(H,20,21). The Labute approximate surface area is 153 Å². The third-order valence-corrected chi connectivity index (χ3v) is 6.14. The maximum atomic E-state index is 5.60. The van der Waals surface area contributed by atoms with Crippen molar-refractivity contribution >= 4 is 17.3 Å². The van der Waals surface area contributed by atoms with Crippen LogP contribution in [0.4, 0.5) is 0 Å². The number of oxazole rings is 1. The quantitative estimate of drug-likeness (QED) is 0.663. The first kappa shape index (κ1) is 16.6. The van der Waals surface area contributed by atoms with Gasteiger partial charge in [0.1, 0.15) is 12.0 Å². The van der Waals surface area contributed by atoms with Crippen LogP contribution < -0.4 is 5.32 Å². The predicted octanol–water partition coefficient (Wildman–Crippen LogP) is 3.99. The highest BCUT2D eigenvalue weighted by Crippen LogP contribution is 2.36. The van der Waals surface area contributed by atoms with E-state index in [-0.39, 0.29) is 0 Å². The van der Waals surface area contributed by atoms with Crippen LogP contribution in [0.15, 0.2) is 33.2 Å². The van der Waals surface area contributed by atoms with Gasteiger partial charge in [0.2, 0.25) is 5.89 Å². The first-order valence-electron chi connectivity index (χ1n) is 9.35. The fourth-order valence-electron chi connectivity index (χ4n) is 4.05. The van der Waals surface area contributed by atoms with Crippen molar-refractivity contribution in [1.82, 2.24) is 15.2 Å². The van der Waals surface area contributed by atoms with E-state index in [1.165, 1.54) is 25.7 Å². The number of guanidine groups is 1. The summed E-state index contributed by atoms with van der Waals surface area (Å²) >= 11 is 1.64. The number of fused-ring (bicyclic) bond motifs is 1. The van der Waals surface area contributed by atoms with Gasteiger partial charge in [-0.1, -0.05) is 18.9 Å². The summed E-state index contributed by atoms with van der Waals surface area (Å²) in [6.07, 6.45) is 7.29. The number of aromatic nitrogens is 1. The zero-order valence-electron chi connectivity index (χ0n) is 14.8. The average molecular weight is 359 g/mol. The van der Waals surface area contributed by atoms with E-state index in [1.54, 1.807) is 17.6 Å². The van der Waals surface area contributed by atoms with Crippen molar-refractivity contribution in [3.63, 3.8) is 0 Å². The molecule has 1 saturated heterocycles. The Morgan fingerprint density at radius 3 is 2.84 bits per heavy atom. The molecular formula is C19H26N4OS. The van der Waals surface area contributed by atoms with Gasteiger partial charge in [-0.15, -0.1) is 11.3 Å². The van der Waals surface area contributed by atoms with Crippen LogP contribution in [0.25, 0.3) is 10.8 Å². The fourth-order valence-corrected chi connectivity index (χ4v) is 4.71. The molecular weight excluding hydrogens is 332 g/mol. The highest BCUT2D eigenvalue weighted by atomic mass is 32.1. The summed E-state index contributed by atoms with van der Waals surface area (Å²) in [7, 11) is 0. The molecule has 4 rings (SSSR count). The van der Waals surface area contributed by atoms with E-state index in [9.17, 15) is 0 Å². The summed E-state index contributed by atoms with van der Waals surface area (Å²) in [4.78, 5) is 12.9. The maximum absolute atomic E-state index is 5.60. The molecule has 0 bridgehead atoms. The van der Waals surface area contributed by atoms with Gasteiger partial charge in [0.25, 0.3) is 0 Å². The zero-order chi connectivity index (χ0) is 17.1. The second-order valence-electron chi connectivity index (χ2n) is 7.00. The minimum Gasteiger partial charge on any atom is -0.443 e. The Morgan fingerprint density at radius 1 is 1.36 bits per heavy atom. The van der Waals surface area contributed by atoms with Crippen molar-refractivity contribution < 1.29 is 4.42 Å². The van der Waals surface area contributed by atoms with Gasteiger partial charge in [-0.25, -0.2) is 9.98 Å².